The van der Waals surface area contributed by atoms with E-state index in [-0.39, 0.29) is 5.41 Å². The Morgan fingerprint density at radius 1 is 1.25 bits per heavy atom. The van der Waals surface area contributed by atoms with Crippen LogP contribution in [0.5, 0.6) is 0 Å². The third kappa shape index (κ3) is 2.88. The van der Waals surface area contributed by atoms with Crippen molar-refractivity contribution in [3.63, 3.8) is 0 Å². The Hall–Kier alpha value is -1.35. The summed E-state index contributed by atoms with van der Waals surface area (Å²) in [5, 5.41) is 0. The number of carbonyl (C=O) groups is 1. The average Bonchev–Trinajstić information content (AvgIpc) is 3.25. The molecule has 2 fully saturated rings. The molecule has 20 heavy (non-hydrogen) atoms. The minimum Gasteiger partial charge on any atom is -0.335 e. The average molecular weight is 272 g/mol. The SMILES string of the molecule is NCC1(CC(=O)N(Cc2ccccc2)C2CC2)CCC1. The largest absolute Gasteiger partial charge is 0.335 e. The first-order valence-electron chi connectivity index (χ1n) is 7.76. The molecule has 0 unspecified atom stereocenters. The number of hydrogen-bond acceptors (Lipinski definition) is 2. The van der Waals surface area contributed by atoms with Crippen molar-refractivity contribution in [2.24, 2.45) is 11.1 Å². The summed E-state index contributed by atoms with van der Waals surface area (Å²) in [6.45, 7) is 1.41. The van der Waals surface area contributed by atoms with Gasteiger partial charge in [-0.05, 0) is 43.2 Å². The first kappa shape index (κ1) is 13.6. The van der Waals surface area contributed by atoms with Crippen LogP contribution in [0.4, 0.5) is 0 Å². The van der Waals surface area contributed by atoms with Crippen LogP contribution in [0.1, 0.15) is 44.1 Å². The van der Waals surface area contributed by atoms with Crippen LogP contribution in [0.15, 0.2) is 30.3 Å². The lowest BCUT2D eigenvalue weighted by atomic mass is 9.66. The van der Waals surface area contributed by atoms with Crippen molar-refractivity contribution in [2.45, 2.75) is 51.1 Å². The normalized spacial score (nSPS) is 20.2. The highest BCUT2D eigenvalue weighted by molar-refractivity contribution is 5.77. The Balaban J connectivity index is 1.66. The fourth-order valence-electron chi connectivity index (χ4n) is 3.14. The van der Waals surface area contributed by atoms with Gasteiger partial charge in [-0.25, -0.2) is 0 Å². The fourth-order valence-corrected chi connectivity index (χ4v) is 3.14. The Labute approximate surface area is 121 Å². The van der Waals surface area contributed by atoms with E-state index in [0.717, 1.165) is 32.2 Å². The molecule has 0 aliphatic heterocycles. The van der Waals surface area contributed by atoms with E-state index in [4.69, 9.17) is 5.73 Å². The minimum atomic E-state index is 0.112. The van der Waals surface area contributed by atoms with E-state index in [1.807, 2.05) is 18.2 Å². The molecular formula is C17H24N2O. The van der Waals surface area contributed by atoms with Crippen molar-refractivity contribution in [1.82, 2.24) is 4.90 Å². The minimum absolute atomic E-state index is 0.112. The molecule has 0 atom stereocenters. The van der Waals surface area contributed by atoms with Gasteiger partial charge < -0.3 is 10.6 Å². The summed E-state index contributed by atoms with van der Waals surface area (Å²) in [6.07, 6.45) is 6.44. The fraction of sp³-hybridized carbons (Fsp3) is 0.588. The Bertz CT molecular complexity index is 458. The molecule has 2 aliphatic rings. The van der Waals surface area contributed by atoms with E-state index < -0.39 is 0 Å². The second-order valence-electron chi connectivity index (χ2n) is 6.47. The number of carbonyl (C=O) groups excluding carboxylic acids is 1. The van der Waals surface area contributed by atoms with Crippen molar-refractivity contribution in [1.29, 1.82) is 0 Å². The van der Waals surface area contributed by atoms with Gasteiger partial charge in [0.1, 0.15) is 0 Å². The molecule has 108 valence electrons. The lowest BCUT2D eigenvalue weighted by molar-refractivity contribution is -0.136. The molecule has 2 saturated carbocycles. The zero-order valence-corrected chi connectivity index (χ0v) is 12.1. The van der Waals surface area contributed by atoms with Gasteiger partial charge in [0, 0.05) is 19.0 Å². The van der Waals surface area contributed by atoms with Crippen molar-refractivity contribution in [2.75, 3.05) is 6.54 Å². The summed E-state index contributed by atoms with van der Waals surface area (Å²) in [5.41, 5.74) is 7.23. The van der Waals surface area contributed by atoms with Gasteiger partial charge in [-0.15, -0.1) is 0 Å². The zero-order chi connectivity index (χ0) is 14.0. The standard InChI is InChI=1S/C17H24N2O/c18-13-17(9-4-10-17)11-16(20)19(15-7-8-15)12-14-5-2-1-3-6-14/h1-3,5-6,15H,4,7-13,18H2. The Morgan fingerprint density at radius 2 is 1.95 bits per heavy atom. The van der Waals surface area contributed by atoms with Crippen LogP contribution in [0.25, 0.3) is 0 Å². The molecule has 1 aromatic rings. The van der Waals surface area contributed by atoms with Crippen LogP contribution in [0.2, 0.25) is 0 Å². The van der Waals surface area contributed by atoms with E-state index in [0.29, 0.717) is 24.9 Å². The van der Waals surface area contributed by atoms with Gasteiger partial charge in [-0.3, -0.25) is 4.79 Å². The van der Waals surface area contributed by atoms with Crippen molar-refractivity contribution in [3.05, 3.63) is 35.9 Å². The first-order chi connectivity index (χ1) is 9.72. The summed E-state index contributed by atoms with van der Waals surface area (Å²) in [4.78, 5) is 14.8. The molecular weight excluding hydrogens is 248 g/mol. The molecule has 1 amide bonds. The van der Waals surface area contributed by atoms with E-state index in [1.54, 1.807) is 0 Å². The van der Waals surface area contributed by atoms with Crippen molar-refractivity contribution < 1.29 is 4.79 Å². The van der Waals surface area contributed by atoms with Gasteiger partial charge in [-0.1, -0.05) is 36.8 Å². The smallest absolute Gasteiger partial charge is 0.223 e. The highest BCUT2D eigenvalue weighted by Gasteiger charge is 2.41. The maximum Gasteiger partial charge on any atom is 0.223 e. The van der Waals surface area contributed by atoms with E-state index in [2.05, 4.69) is 17.0 Å². The zero-order valence-electron chi connectivity index (χ0n) is 12.1. The molecule has 3 heteroatoms. The van der Waals surface area contributed by atoms with Gasteiger partial charge in [0.15, 0.2) is 0 Å². The first-order valence-corrected chi connectivity index (χ1v) is 7.76. The molecule has 0 bridgehead atoms. The number of amides is 1. The van der Waals surface area contributed by atoms with Gasteiger partial charge in [0.05, 0.1) is 0 Å². The third-order valence-electron chi connectivity index (χ3n) is 4.88. The molecule has 0 radical (unpaired) electrons. The second-order valence-corrected chi connectivity index (χ2v) is 6.47. The lowest BCUT2D eigenvalue weighted by Gasteiger charge is -2.41. The highest BCUT2D eigenvalue weighted by Crippen LogP contribution is 2.44. The summed E-state index contributed by atoms with van der Waals surface area (Å²) in [6, 6.07) is 10.8. The number of nitrogens with zero attached hydrogens (tertiary/aromatic N) is 1. The predicted octanol–water partition coefficient (Wildman–Crippen LogP) is 2.70. The molecule has 0 heterocycles. The maximum absolute atomic E-state index is 12.7. The third-order valence-corrected chi connectivity index (χ3v) is 4.88. The molecule has 3 rings (SSSR count). The second kappa shape index (κ2) is 5.57. The molecule has 0 aromatic heterocycles. The summed E-state index contributed by atoms with van der Waals surface area (Å²) >= 11 is 0. The van der Waals surface area contributed by atoms with E-state index in [1.165, 1.54) is 12.0 Å². The van der Waals surface area contributed by atoms with Gasteiger partial charge in [-0.2, -0.15) is 0 Å². The van der Waals surface area contributed by atoms with Crippen LogP contribution < -0.4 is 5.73 Å². The van der Waals surface area contributed by atoms with E-state index in [9.17, 15) is 4.79 Å². The lowest BCUT2D eigenvalue weighted by Crippen LogP contribution is -2.43. The molecule has 3 nitrogen and oxygen atoms in total. The summed E-state index contributed by atoms with van der Waals surface area (Å²) < 4.78 is 0. The van der Waals surface area contributed by atoms with Crippen molar-refractivity contribution in [3.8, 4) is 0 Å². The van der Waals surface area contributed by atoms with Crippen LogP contribution in [0, 0.1) is 5.41 Å². The van der Waals surface area contributed by atoms with Gasteiger partial charge >= 0.3 is 0 Å². The van der Waals surface area contributed by atoms with E-state index >= 15 is 0 Å². The van der Waals surface area contributed by atoms with Crippen LogP contribution >= 0.6 is 0 Å². The molecule has 2 N–H and O–H groups in total. The quantitative estimate of drug-likeness (QED) is 0.865. The van der Waals surface area contributed by atoms with Gasteiger partial charge in [0.2, 0.25) is 5.91 Å². The maximum atomic E-state index is 12.7. The predicted molar refractivity (Wildman–Crippen MR) is 80.0 cm³/mol. The Kier molecular flexibility index (Phi) is 3.79. The summed E-state index contributed by atoms with van der Waals surface area (Å²) in [7, 11) is 0. The topological polar surface area (TPSA) is 46.3 Å². The summed E-state index contributed by atoms with van der Waals surface area (Å²) in [5.74, 6) is 0.307. The molecule has 0 spiro atoms. The van der Waals surface area contributed by atoms with Crippen LogP contribution in [-0.2, 0) is 11.3 Å². The Morgan fingerprint density at radius 3 is 2.45 bits per heavy atom. The number of benzene rings is 1. The monoisotopic (exact) mass is 272 g/mol. The molecule has 0 saturated heterocycles. The number of nitrogens with two attached hydrogens (primary N) is 1. The van der Waals surface area contributed by atoms with Crippen LogP contribution in [-0.4, -0.2) is 23.4 Å². The highest BCUT2D eigenvalue weighted by atomic mass is 16.2. The number of hydrogen-bond donors (Lipinski definition) is 1. The van der Waals surface area contributed by atoms with Gasteiger partial charge in [0.25, 0.3) is 0 Å². The number of rotatable bonds is 6. The van der Waals surface area contributed by atoms with Crippen molar-refractivity contribution >= 4 is 5.91 Å². The molecule has 2 aliphatic carbocycles. The molecule has 1 aromatic carbocycles. The van der Waals surface area contributed by atoms with Crippen LogP contribution in [0.3, 0.4) is 0 Å².